The van der Waals surface area contributed by atoms with Crippen molar-refractivity contribution in [3.8, 4) is 0 Å². The molecule has 1 saturated heterocycles. The molecule has 1 aromatic rings. The van der Waals surface area contributed by atoms with Crippen molar-refractivity contribution in [2.75, 3.05) is 13.1 Å². The first kappa shape index (κ1) is 16.7. The van der Waals surface area contributed by atoms with E-state index in [1.165, 1.54) is 12.0 Å². The molecule has 4 heteroatoms. The summed E-state index contributed by atoms with van der Waals surface area (Å²) in [5, 5.41) is 4.52. The van der Waals surface area contributed by atoms with Crippen molar-refractivity contribution in [3.05, 3.63) is 29.0 Å². The number of nitrogens with one attached hydrogen (secondary N) is 1. The van der Waals surface area contributed by atoms with Gasteiger partial charge in [-0.15, -0.1) is 0 Å². The lowest BCUT2D eigenvalue weighted by Gasteiger charge is -2.44. The van der Waals surface area contributed by atoms with Crippen molar-refractivity contribution in [1.29, 1.82) is 0 Å². The van der Waals surface area contributed by atoms with Crippen molar-refractivity contribution in [2.45, 2.75) is 52.7 Å². The van der Waals surface area contributed by atoms with Gasteiger partial charge in [-0.3, -0.25) is 9.88 Å². The number of hydrogen-bond acceptors (Lipinski definition) is 3. The molecule has 1 aliphatic rings. The number of rotatable bonds is 5. The molecule has 1 aromatic heterocycles. The van der Waals surface area contributed by atoms with E-state index in [0.29, 0.717) is 23.9 Å². The van der Waals surface area contributed by atoms with Crippen LogP contribution in [0.1, 0.15) is 39.7 Å². The molecule has 118 valence electrons. The van der Waals surface area contributed by atoms with Crippen LogP contribution in [0.15, 0.2) is 18.5 Å². The van der Waals surface area contributed by atoms with Gasteiger partial charge in [-0.2, -0.15) is 0 Å². The lowest BCUT2D eigenvalue weighted by molar-refractivity contribution is 0.0753. The van der Waals surface area contributed by atoms with Gasteiger partial charge in [0.25, 0.3) is 0 Å². The highest BCUT2D eigenvalue weighted by Crippen LogP contribution is 2.24. The van der Waals surface area contributed by atoms with E-state index >= 15 is 0 Å². The van der Waals surface area contributed by atoms with Crippen LogP contribution >= 0.6 is 11.6 Å². The van der Waals surface area contributed by atoms with E-state index in [0.717, 1.165) is 24.7 Å². The molecule has 0 aliphatic carbocycles. The molecule has 0 radical (unpaired) electrons. The largest absolute Gasteiger partial charge is 0.311 e. The normalized spacial score (nSPS) is 25.2. The van der Waals surface area contributed by atoms with Crippen LogP contribution in [0, 0.1) is 11.8 Å². The molecule has 1 aliphatic heterocycles. The van der Waals surface area contributed by atoms with Crippen LogP contribution in [-0.4, -0.2) is 35.1 Å². The van der Waals surface area contributed by atoms with Crippen molar-refractivity contribution in [3.63, 3.8) is 0 Å². The Morgan fingerprint density at radius 3 is 2.81 bits per heavy atom. The molecule has 3 nitrogen and oxygen atoms in total. The minimum atomic E-state index is 0.564. The lowest BCUT2D eigenvalue weighted by atomic mass is 9.92. The summed E-state index contributed by atoms with van der Waals surface area (Å²) >= 11 is 6.29. The van der Waals surface area contributed by atoms with E-state index in [1.807, 2.05) is 12.3 Å². The molecular formula is C17H28ClN3. The Bertz CT molecular complexity index is 449. The second-order valence-electron chi connectivity index (χ2n) is 6.61. The van der Waals surface area contributed by atoms with Crippen LogP contribution in [0.5, 0.6) is 0 Å². The van der Waals surface area contributed by atoms with Crippen molar-refractivity contribution in [1.82, 2.24) is 15.2 Å². The fraction of sp³-hybridized carbons (Fsp3) is 0.706. The first-order valence-corrected chi connectivity index (χ1v) is 8.46. The maximum absolute atomic E-state index is 6.29. The van der Waals surface area contributed by atoms with Gasteiger partial charge >= 0.3 is 0 Å². The first-order valence-electron chi connectivity index (χ1n) is 8.08. The maximum Gasteiger partial charge on any atom is 0.0634 e. The van der Waals surface area contributed by atoms with Crippen molar-refractivity contribution < 1.29 is 0 Å². The molecule has 2 rings (SSSR count). The third-order valence-corrected chi connectivity index (χ3v) is 5.16. The molecule has 3 unspecified atom stereocenters. The van der Waals surface area contributed by atoms with E-state index in [2.05, 4.69) is 42.9 Å². The van der Waals surface area contributed by atoms with Gasteiger partial charge in [-0.1, -0.05) is 45.7 Å². The number of hydrogen-bond donors (Lipinski definition) is 1. The summed E-state index contributed by atoms with van der Waals surface area (Å²) in [6, 6.07) is 3.18. The first-order chi connectivity index (χ1) is 10.0. The highest BCUT2D eigenvalue weighted by molar-refractivity contribution is 6.31. The molecule has 1 N–H and O–H groups in total. The van der Waals surface area contributed by atoms with Crippen LogP contribution in [0.3, 0.4) is 0 Å². The summed E-state index contributed by atoms with van der Waals surface area (Å²) in [4.78, 5) is 6.68. The summed E-state index contributed by atoms with van der Waals surface area (Å²) in [6.45, 7) is 12.3. The van der Waals surface area contributed by atoms with Crippen LogP contribution in [0.4, 0.5) is 0 Å². The van der Waals surface area contributed by atoms with Gasteiger partial charge in [0.05, 0.1) is 5.02 Å². The quantitative estimate of drug-likeness (QED) is 0.901. The van der Waals surface area contributed by atoms with E-state index in [-0.39, 0.29) is 0 Å². The third-order valence-electron chi connectivity index (χ3n) is 4.82. The fourth-order valence-electron chi connectivity index (χ4n) is 3.11. The van der Waals surface area contributed by atoms with Gasteiger partial charge in [0.15, 0.2) is 0 Å². The average Bonchev–Trinajstić information content (AvgIpc) is 2.48. The average molecular weight is 310 g/mol. The summed E-state index contributed by atoms with van der Waals surface area (Å²) in [5.74, 6) is 1.34. The topological polar surface area (TPSA) is 28.2 Å². The Balaban J connectivity index is 2.12. The van der Waals surface area contributed by atoms with Crippen molar-refractivity contribution in [2.24, 2.45) is 11.8 Å². The third kappa shape index (κ3) is 4.18. The molecule has 3 atom stereocenters. The van der Waals surface area contributed by atoms with E-state index in [1.54, 1.807) is 6.20 Å². The number of pyridine rings is 1. The molecule has 0 saturated carbocycles. The molecule has 0 bridgehead atoms. The Kier molecular flexibility index (Phi) is 6.03. The minimum Gasteiger partial charge on any atom is -0.311 e. The molecular weight excluding hydrogens is 282 g/mol. The maximum atomic E-state index is 6.29. The van der Waals surface area contributed by atoms with E-state index in [9.17, 15) is 0 Å². The fourth-order valence-corrected chi connectivity index (χ4v) is 3.29. The molecule has 1 fully saturated rings. The summed E-state index contributed by atoms with van der Waals surface area (Å²) < 4.78 is 0. The summed E-state index contributed by atoms with van der Waals surface area (Å²) in [6.07, 6.45) is 4.80. The monoisotopic (exact) mass is 309 g/mol. The Hall–Kier alpha value is -0.640. The van der Waals surface area contributed by atoms with Gasteiger partial charge in [0, 0.05) is 44.1 Å². The highest BCUT2D eigenvalue weighted by atomic mass is 35.5. The second kappa shape index (κ2) is 7.57. The lowest BCUT2D eigenvalue weighted by Crippen LogP contribution is -2.59. The second-order valence-corrected chi connectivity index (χ2v) is 7.02. The number of halogens is 1. The predicted molar refractivity (Wildman–Crippen MR) is 89.5 cm³/mol. The zero-order valence-electron chi connectivity index (χ0n) is 13.6. The zero-order chi connectivity index (χ0) is 15.4. The SMILES string of the molecule is CCC(C)C1CN(Cc2ccncc2Cl)C(C(C)C)CN1. The van der Waals surface area contributed by atoms with Gasteiger partial charge in [-0.25, -0.2) is 0 Å². The Morgan fingerprint density at radius 1 is 1.43 bits per heavy atom. The summed E-state index contributed by atoms with van der Waals surface area (Å²) in [5.41, 5.74) is 1.18. The van der Waals surface area contributed by atoms with E-state index < -0.39 is 0 Å². The molecule has 21 heavy (non-hydrogen) atoms. The number of piperazine rings is 1. The molecule has 0 spiro atoms. The van der Waals surface area contributed by atoms with Crippen LogP contribution in [0.2, 0.25) is 5.02 Å². The Labute approximate surface area is 134 Å². The molecule has 0 aromatic carbocycles. The van der Waals surface area contributed by atoms with Gasteiger partial charge < -0.3 is 5.32 Å². The minimum absolute atomic E-state index is 0.564. The highest BCUT2D eigenvalue weighted by Gasteiger charge is 2.31. The van der Waals surface area contributed by atoms with Crippen LogP contribution < -0.4 is 5.32 Å². The smallest absolute Gasteiger partial charge is 0.0634 e. The van der Waals surface area contributed by atoms with Crippen LogP contribution in [0.25, 0.3) is 0 Å². The van der Waals surface area contributed by atoms with Crippen LogP contribution in [-0.2, 0) is 6.54 Å². The Morgan fingerprint density at radius 2 is 2.19 bits per heavy atom. The molecule has 0 amide bonds. The standard InChI is InChI=1S/C17H28ClN3/c1-5-13(4)16-11-21(17(9-20-16)12(2)3)10-14-6-7-19-8-15(14)18/h6-8,12-13,16-17,20H,5,9-11H2,1-4H3. The van der Waals surface area contributed by atoms with Gasteiger partial charge in [-0.05, 0) is 23.5 Å². The number of aromatic nitrogens is 1. The summed E-state index contributed by atoms with van der Waals surface area (Å²) in [7, 11) is 0. The van der Waals surface area contributed by atoms with Crippen molar-refractivity contribution >= 4 is 11.6 Å². The number of nitrogens with zero attached hydrogens (tertiary/aromatic N) is 2. The van der Waals surface area contributed by atoms with Gasteiger partial charge in [0.1, 0.15) is 0 Å². The predicted octanol–water partition coefficient (Wildman–Crippen LogP) is 3.58. The van der Waals surface area contributed by atoms with E-state index in [4.69, 9.17) is 11.6 Å². The molecule has 2 heterocycles. The zero-order valence-corrected chi connectivity index (χ0v) is 14.4. The van der Waals surface area contributed by atoms with Gasteiger partial charge in [0.2, 0.25) is 0 Å².